The molecule has 2 heteroatoms. The van der Waals surface area contributed by atoms with E-state index in [0.717, 1.165) is 12.3 Å². The highest BCUT2D eigenvalue weighted by Crippen LogP contribution is 2.19. The van der Waals surface area contributed by atoms with Crippen molar-refractivity contribution in [2.45, 2.75) is 78.6 Å². The van der Waals surface area contributed by atoms with Crippen molar-refractivity contribution in [3.05, 3.63) is 0 Å². The molecule has 1 amide bonds. The number of nitrogens with two attached hydrogens (primary N) is 1. The number of primary amides is 1. The van der Waals surface area contributed by atoms with Crippen LogP contribution in [-0.2, 0) is 4.79 Å². The van der Waals surface area contributed by atoms with Gasteiger partial charge in [0, 0.05) is 6.42 Å². The average Bonchev–Trinajstić information content (AvgIpc) is 2.25. The first-order chi connectivity index (χ1) is 8.06. The van der Waals surface area contributed by atoms with Crippen LogP contribution >= 0.6 is 0 Å². The predicted molar refractivity (Wildman–Crippen MR) is 74.7 cm³/mol. The van der Waals surface area contributed by atoms with Crippen LogP contribution in [0.25, 0.3) is 0 Å². The Labute approximate surface area is 107 Å². The maximum absolute atomic E-state index is 10.7. The van der Waals surface area contributed by atoms with Gasteiger partial charge in [-0.05, 0) is 18.3 Å². The summed E-state index contributed by atoms with van der Waals surface area (Å²) in [6, 6.07) is 0. The van der Waals surface area contributed by atoms with E-state index >= 15 is 0 Å². The Kier molecular flexibility index (Phi) is 10.3. The number of carbonyl (C=O) groups excluding carboxylic acids is 1. The number of hydrogen-bond donors (Lipinski definition) is 1. The standard InChI is InChI=1S/C15H31NO/c1-4-5-6-7-8-9-13(2)10-11-14(3)12-15(16)17/h13-14H,4-12H2,1-3H3,(H2,16,17). The number of hydrogen-bond acceptors (Lipinski definition) is 1. The summed E-state index contributed by atoms with van der Waals surface area (Å²) in [5, 5.41) is 0. The number of amides is 1. The fraction of sp³-hybridized carbons (Fsp3) is 0.933. The zero-order valence-electron chi connectivity index (χ0n) is 12.0. The number of rotatable bonds is 11. The van der Waals surface area contributed by atoms with Crippen LogP contribution in [-0.4, -0.2) is 5.91 Å². The lowest BCUT2D eigenvalue weighted by atomic mass is 9.92. The van der Waals surface area contributed by atoms with Gasteiger partial charge in [0.25, 0.3) is 0 Å². The predicted octanol–water partition coefficient (Wildman–Crippen LogP) is 4.27. The second-order valence-electron chi connectivity index (χ2n) is 5.66. The molecule has 0 aliphatic heterocycles. The van der Waals surface area contributed by atoms with Crippen molar-refractivity contribution >= 4 is 5.91 Å². The first-order valence-corrected chi connectivity index (χ1v) is 7.34. The van der Waals surface area contributed by atoms with Crippen molar-refractivity contribution < 1.29 is 4.79 Å². The topological polar surface area (TPSA) is 43.1 Å². The Morgan fingerprint density at radius 2 is 1.53 bits per heavy atom. The Morgan fingerprint density at radius 3 is 2.12 bits per heavy atom. The van der Waals surface area contributed by atoms with Gasteiger partial charge in [0.05, 0.1) is 0 Å². The first-order valence-electron chi connectivity index (χ1n) is 7.34. The fourth-order valence-electron chi connectivity index (χ4n) is 2.26. The summed E-state index contributed by atoms with van der Waals surface area (Å²) < 4.78 is 0. The van der Waals surface area contributed by atoms with Crippen LogP contribution in [0.4, 0.5) is 0 Å². The molecule has 0 spiro atoms. The van der Waals surface area contributed by atoms with Crippen LogP contribution in [0.2, 0.25) is 0 Å². The van der Waals surface area contributed by atoms with E-state index in [2.05, 4.69) is 20.8 Å². The molecule has 0 aromatic carbocycles. The summed E-state index contributed by atoms with van der Waals surface area (Å²) in [4.78, 5) is 10.7. The quantitative estimate of drug-likeness (QED) is 0.539. The van der Waals surface area contributed by atoms with Crippen LogP contribution in [0.5, 0.6) is 0 Å². The highest BCUT2D eigenvalue weighted by molar-refractivity contribution is 5.73. The largest absolute Gasteiger partial charge is 0.370 e. The van der Waals surface area contributed by atoms with Crippen molar-refractivity contribution in [3.8, 4) is 0 Å². The Balaban J connectivity index is 3.39. The average molecular weight is 241 g/mol. The summed E-state index contributed by atoms with van der Waals surface area (Å²) >= 11 is 0. The van der Waals surface area contributed by atoms with Gasteiger partial charge in [-0.3, -0.25) is 4.79 Å². The van der Waals surface area contributed by atoms with E-state index in [-0.39, 0.29) is 5.91 Å². The van der Waals surface area contributed by atoms with Gasteiger partial charge in [-0.1, -0.05) is 65.7 Å². The molecule has 0 aromatic rings. The summed E-state index contributed by atoms with van der Waals surface area (Å²) in [6.07, 6.45) is 11.1. The molecule has 0 aromatic heterocycles. The van der Waals surface area contributed by atoms with Crippen LogP contribution < -0.4 is 5.73 Å². The molecule has 0 fully saturated rings. The Bertz CT molecular complexity index is 191. The summed E-state index contributed by atoms with van der Waals surface area (Å²) in [5.74, 6) is 1.09. The fourth-order valence-corrected chi connectivity index (χ4v) is 2.26. The molecule has 0 aliphatic carbocycles. The van der Waals surface area contributed by atoms with Gasteiger partial charge < -0.3 is 5.73 Å². The molecule has 0 bridgehead atoms. The van der Waals surface area contributed by atoms with Gasteiger partial charge >= 0.3 is 0 Å². The molecule has 2 atom stereocenters. The minimum absolute atomic E-state index is 0.162. The van der Waals surface area contributed by atoms with E-state index in [0.29, 0.717) is 12.3 Å². The van der Waals surface area contributed by atoms with Crippen LogP contribution in [0.15, 0.2) is 0 Å². The smallest absolute Gasteiger partial charge is 0.217 e. The lowest BCUT2D eigenvalue weighted by molar-refractivity contribution is -0.118. The highest BCUT2D eigenvalue weighted by Gasteiger charge is 2.08. The van der Waals surface area contributed by atoms with Gasteiger partial charge in [0.2, 0.25) is 5.91 Å². The third-order valence-electron chi connectivity index (χ3n) is 3.50. The normalized spacial score (nSPS) is 14.5. The van der Waals surface area contributed by atoms with Crippen molar-refractivity contribution in [1.82, 2.24) is 0 Å². The molecule has 2 unspecified atom stereocenters. The van der Waals surface area contributed by atoms with E-state index < -0.39 is 0 Å². The number of carbonyl (C=O) groups is 1. The molecule has 0 radical (unpaired) electrons. The Morgan fingerprint density at radius 1 is 0.941 bits per heavy atom. The molecule has 2 nitrogen and oxygen atoms in total. The van der Waals surface area contributed by atoms with E-state index in [1.807, 2.05) is 0 Å². The maximum atomic E-state index is 10.7. The summed E-state index contributed by atoms with van der Waals surface area (Å²) in [6.45, 7) is 6.71. The van der Waals surface area contributed by atoms with E-state index in [1.165, 1.54) is 44.9 Å². The molecule has 0 rings (SSSR count). The van der Waals surface area contributed by atoms with Crippen molar-refractivity contribution in [3.63, 3.8) is 0 Å². The van der Waals surface area contributed by atoms with E-state index in [1.54, 1.807) is 0 Å². The number of unbranched alkanes of at least 4 members (excludes halogenated alkanes) is 4. The summed E-state index contributed by atoms with van der Waals surface area (Å²) in [5.41, 5.74) is 5.19. The van der Waals surface area contributed by atoms with Crippen LogP contribution in [0.1, 0.15) is 78.6 Å². The van der Waals surface area contributed by atoms with Gasteiger partial charge in [-0.15, -0.1) is 0 Å². The SMILES string of the molecule is CCCCCCCC(C)CCC(C)CC(N)=O. The minimum Gasteiger partial charge on any atom is -0.370 e. The van der Waals surface area contributed by atoms with E-state index in [9.17, 15) is 4.79 Å². The monoisotopic (exact) mass is 241 g/mol. The van der Waals surface area contributed by atoms with Crippen molar-refractivity contribution in [2.24, 2.45) is 17.6 Å². The molecule has 102 valence electrons. The maximum Gasteiger partial charge on any atom is 0.217 e. The molecular weight excluding hydrogens is 210 g/mol. The summed E-state index contributed by atoms with van der Waals surface area (Å²) in [7, 11) is 0. The second-order valence-corrected chi connectivity index (χ2v) is 5.66. The molecule has 0 aliphatic rings. The third-order valence-corrected chi connectivity index (χ3v) is 3.50. The zero-order chi connectivity index (χ0) is 13.1. The molecule has 0 saturated heterocycles. The van der Waals surface area contributed by atoms with Gasteiger partial charge in [-0.2, -0.15) is 0 Å². The molecule has 2 N–H and O–H groups in total. The highest BCUT2D eigenvalue weighted by atomic mass is 16.1. The molecule has 0 saturated carbocycles. The first kappa shape index (κ1) is 16.5. The second kappa shape index (κ2) is 10.6. The van der Waals surface area contributed by atoms with Crippen molar-refractivity contribution in [2.75, 3.05) is 0 Å². The van der Waals surface area contributed by atoms with Crippen molar-refractivity contribution in [1.29, 1.82) is 0 Å². The third kappa shape index (κ3) is 11.7. The Hall–Kier alpha value is -0.530. The van der Waals surface area contributed by atoms with Crippen LogP contribution in [0.3, 0.4) is 0 Å². The zero-order valence-corrected chi connectivity index (χ0v) is 12.0. The lowest BCUT2D eigenvalue weighted by Crippen LogP contribution is -2.15. The molecule has 17 heavy (non-hydrogen) atoms. The van der Waals surface area contributed by atoms with Gasteiger partial charge in [-0.25, -0.2) is 0 Å². The van der Waals surface area contributed by atoms with Gasteiger partial charge in [0.15, 0.2) is 0 Å². The lowest BCUT2D eigenvalue weighted by Gasteiger charge is -2.14. The minimum atomic E-state index is -0.162. The molecular formula is C15H31NO. The van der Waals surface area contributed by atoms with Gasteiger partial charge in [0.1, 0.15) is 0 Å². The van der Waals surface area contributed by atoms with Crippen LogP contribution in [0, 0.1) is 11.8 Å². The van der Waals surface area contributed by atoms with E-state index in [4.69, 9.17) is 5.73 Å². The molecule has 0 heterocycles.